The summed E-state index contributed by atoms with van der Waals surface area (Å²) >= 11 is 0. The second kappa shape index (κ2) is 9.51. The number of hydrogen-bond donors (Lipinski definition) is 2. The van der Waals surface area contributed by atoms with E-state index in [1.165, 1.54) is 5.56 Å². The highest BCUT2D eigenvalue weighted by Gasteiger charge is 2.34. The molecule has 0 aliphatic carbocycles. The van der Waals surface area contributed by atoms with Crippen LogP contribution in [0.5, 0.6) is 0 Å². The molecule has 0 spiro atoms. The number of rotatable bonds is 2. The van der Waals surface area contributed by atoms with Crippen LogP contribution < -0.4 is 5.32 Å². The first-order valence-corrected chi connectivity index (χ1v) is 13.9. The van der Waals surface area contributed by atoms with E-state index in [-0.39, 0.29) is 17.0 Å². The Morgan fingerprint density at radius 2 is 1.61 bits per heavy atom. The summed E-state index contributed by atoms with van der Waals surface area (Å²) in [7, 11) is 0. The second-order valence-electron chi connectivity index (χ2n) is 12.0. The quantitative estimate of drug-likeness (QED) is 0.389. The fourth-order valence-corrected chi connectivity index (χ4v) is 6.17. The number of carbonyl (C=O) groups is 1. The first-order chi connectivity index (χ1) is 19.4. The molecule has 0 unspecified atom stereocenters. The summed E-state index contributed by atoms with van der Waals surface area (Å²) in [5.74, 6) is 0.180. The van der Waals surface area contributed by atoms with Gasteiger partial charge in [-0.15, -0.1) is 0 Å². The van der Waals surface area contributed by atoms with Crippen LogP contribution in [-0.4, -0.2) is 28.0 Å². The molecule has 1 aromatic carbocycles. The number of nitrogens with one attached hydrogen (secondary N) is 1. The van der Waals surface area contributed by atoms with Crippen LogP contribution in [-0.2, 0) is 4.79 Å². The van der Waals surface area contributed by atoms with Crippen molar-refractivity contribution < 1.29 is 9.90 Å². The molecule has 6 rings (SSSR count). The Balaban J connectivity index is 1.66. The van der Waals surface area contributed by atoms with Gasteiger partial charge in [0.1, 0.15) is 0 Å². The Bertz CT molecular complexity index is 1780. The molecule has 41 heavy (non-hydrogen) atoms. The number of Topliss-reactive ketones (excluding diaryl/α,β-unsaturated/α-hetero) is 1. The molecular weight excluding hydrogens is 508 g/mol. The normalized spacial score (nSPS) is 21.8. The summed E-state index contributed by atoms with van der Waals surface area (Å²) in [5.41, 5.74) is 12.8. The third-order valence-corrected chi connectivity index (χ3v) is 8.03. The maximum Gasteiger partial charge on any atom is 0.162 e. The number of aliphatic hydroxyl groups excluding tert-OH is 1. The van der Waals surface area contributed by atoms with Crippen LogP contribution in [0, 0.1) is 26.2 Å². The molecule has 1 saturated heterocycles. The standard InChI is InChI=1S/C35H34N4O2/c1-18-10-19(2)33(20(3)11-18)34-28-9-8-23(36-28)13-29-26(21(4)40)12-24(37-29)15-32-35(6,7)17-25(38-32)14-30-27(22(5)41)16-31(34)39-30/h8-16,38,41H,17H2,1-7H3/b25-14?,27-22-,29-13?,32-15?,34-28?. The van der Waals surface area contributed by atoms with Crippen LogP contribution in [0.1, 0.15) is 56.4 Å². The number of aliphatic imine (C=N–C) groups is 3. The van der Waals surface area contributed by atoms with Crippen molar-refractivity contribution in [3.05, 3.63) is 122 Å². The maximum atomic E-state index is 12.6. The minimum Gasteiger partial charge on any atom is -0.512 e. The van der Waals surface area contributed by atoms with Gasteiger partial charge in [-0.1, -0.05) is 31.5 Å². The van der Waals surface area contributed by atoms with E-state index in [1.54, 1.807) is 13.8 Å². The zero-order chi connectivity index (χ0) is 29.2. The minimum absolute atomic E-state index is 0.0353. The number of aliphatic hydroxyl groups is 1. The number of aryl methyl sites for hydroxylation is 3. The highest BCUT2D eigenvalue weighted by Crippen LogP contribution is 2.42. The van der Waals surface area contributed by atoms with E-state index in [0.717, 1.165) is 57.2 Å². The van der Waals surface area contributed by atoms with Gasteiger partial charge in [0.2, 0.25) is 0 Å². The van der Waals surface area contributed by atoms with Gasteiger partial charge in [0.25, 0.3) is 0 Å². The van der Waals surface area contributed by atoms with Gasteiger partial charge in [-0.3, -0.25) is 4.79 Å². The summed E-state index contributed by atoms with van der Waals surface area (Å²) in [6.45, 7) is 14.0. The number of allylic oxidation sites excluding steroid dienone is 13. The van der Waals surface area contributed by atoms with Crippen LogP contribution in [0.15, 0.2) is 115 Å². The van der Waals surface area contributed by atoms with Crippen molar-refractivity contribution in [2.75, 3.05) is 0 Å². The Morgan fingerprint density at radius 3 is 2.29 bits per heavy atom. The third kappa shape index (κ3) is 4.73. The lowest BCUT2D eigenvalue weighted by Gasteiger charge is -2.17. The number of nitrogens with zero attached hydrogens (tertiary/aromatic N) is 3. The smallest absolute Gasteiger partial charge is 0.162 e. The van der Waals surface area contributed by atoms with E-state index in [0.29, 0.717) is 28.3 Å². The van der Waals surface area contributed by atoms with Gasteiger partial charge in [0, 0.05) is 33.5 Å². The van der Waals surface area contributed by atoms with Crippen molar-refractivity contribution in [1.82, 2.24) is 5.32 Å². The number of benzene rings is 1. The summed E-state index contributed by atoms with van der Waals surface area (Å²) < 4.78 is 0. The van der Waals surface area contributed by atoms with Gasteiger partial charge in [0.15, 0.2) is 5.78 Å². The van der Waals surface area contributed by atoms with Crippen LogP contribution in [0.4, 0.5) is 0 Å². The molecule has 1 fully saturated rings. The molecule has 206 valence electrons. The van der Waals surface area contributed by atoms with Gasteiger partial charge in [-0.2, -0.15) is 0 Å². The lowest BCUT2D eigenvalue weighted by molar-refractivity contribution is -0.113. The summed E-state index contributed by atoms with van der Waals surface area (Å²) in [4.78, 5) is 27.5. The molecule has 6 heteroatoms. The molecule has 1 aromatic rings. The molecule has 5 aliphatic rings. The van der Waals surface area contributed by atoms with Crippen molar-refractivity contribution in [2.45, 2.75) is 54.9 Å². The molecule has 0 aromatic heterocycles. The van der Waals surface area contributed by atoms with Crippen molar-refractivity contribution in [2.24, 2.45) is 20.4 Å². The van der Waals surface area contributed by atoms with Gasteiger partial charge < -0.3 is 10.4 Å². The molecule has 6 nitrogen and oxygen atoms in total. The molecule has 0 saturated carbocycles. The highest BCUT2D eigenvalue weighted by molar-refractivity contribution is 6.19. The van der Waals surface area contributed by atoms with Crippen LogP contribution >= 0.6 is 0 Å². The second-order valence-corrected chi connectivity index (χ2v) is 12.0. The third-order valence-electron chi connectivity index (χ3n) is 8.03. The SMILES string of the molecule is CC(=O)C1=CC2=NC1=CC1=NC(=C(c3c(C)cc(C)cc3C)C3=C/C(=C(\C)O)C(=N3)C=C3CC(C)(C)C(=C2)N3)C=C1. The van der Waals surface area contributed by atoms with Crippen molar-refractivity contribution in [1.29, 1.82) is 0 Å². The fraction of sp³-hybridized carbons (Fsp3) is 0.257. The Hall–Kier alpha value is -4.58. The van der Waals surface area contributed by atoms with Gasteiger partial charge in [-0.05, 0) is 100 Å². The molecule has 5 aliphatic heterocycles. The molecule has 0 atom stereocenters. The van der Waals surface area contributed by atoms with Crippen LogP contribution in [0.25, 0.3) is 5.57 Å². The number of carbonyl (C=O) groups excluding carboxylic acids is 1. The fourth-order valence-electron chi connectivity index (χ4n) is 6.17. The lowest BCUT2D eigenvalue weighted by Crippen LogP contribution is -2.14. The Labute approximate surface area is 241 Å². The van der Waals surface area contributed by atoms with Crippen molar-refractivity contribution in [3.63, 3.8) is 0 Å². The average molecular weight is 543 g/mol. The zero-order valence-corrected chi connectivity index (χ0v) is 24.6. The van der Waals surface area contributed by atoms with E-state index in [2.05, 4.69) is 52.1 Å². The van der Waals surface area contributed by atoms with Crippen molar-refractivity contribution >= 4 is 28.5 Å². The molecule has 8 bridgehead atoms. The van der Waals surface area contributed by atoms with E-state index in [1.807, 2.05) is 42.5 Å². The Morgan fingerprint density at radius 1 is 0.878 bits per heavy atom. The lowest BCUT2D eigenvalue weighted by atomic mass is 9.87. The highest BCUT2D eigenvalue weighted by atomic mass is 16.3. The molecule has 5 heterocycles. The largest absolute Gasteiger partial charge is 0.512 e. The van der Waals surface area contributed by atoms with E-state index < -0.39 is 0 Å². The molecule has 0 radical (unpaired) electrons. The van der Waals surface area contributed by atoms with Crippen LogP contribution in [0.2, 0.25) is 0 Å². The van der Waals surface area contributed by atoms with E-state index in [9.17, 15) is 9.90 Å². The maximum absolute atomic E-state index is 12.6. The van der Waals surface area contributed by atoms with E-state index >= 15 is 0 Å². The summed E-state index contributed by atoms with van der Waals surface area (Å²) in [6, 6.07) is 4.35. The molecular formula is C35H34N4O2. The first-order valence-electron chi connectivity index (χ1n) is 13.9. The van der Waals surface area contributed by atoms with Crippen LogP contribution in [0.3, 0.4) is 0 Å². The first kappa shape index (κ1) is 26.6. The van der Waals surface area contributed by atoms with Crippen molar-refractivity contribution in [3.8, 4) is 0 Å². The number of ketones is 1. The van der Waals surface area contributed by atoms with Gasteiger partial charge in [0.05, 0.1) is 40.0 Å². The monoisotopic (exact) mass is 542 g/mol. The summed E-state index contributed by atoms with van der Waals surface area (Å²) in [6.07, 6.45) is 14.4. The van der Waals surface area contributed by atoms with E-state index in [4.69, 9.17) is 15.0 Å². The number of fused-ring (bicyclic) bond motifs is 5. The van der Waals surface area contributed by atoms with Gasteiger partial charge in [-0.25, -0.2) is 15.0 Å². The topological polar surface area (TPSA) is 86.4 Å². The summed E-state index contributed by atoms with van der Waals surface area (Å²) in [5, 5.41) is 14.3. The Kier molecular flexibility index (Phi) is 6.18. The molecule has 0 amide bonds. The predicted octanol–water partition coefficient (Wildman–Crippen LogP) is 7.16. The zero-order valence-electron chi connectivity index (χ0n) is 24.6. The predicted molar refractivity (Wildman–Crippen MR) is 167 cm³/mol. The number of hydrogen-bond acceptors (Lipinski definition) is 6. The van der Waals surface area contributed by atoms with Gasteiger partial charge >= 0.3 is 0 Å². The average Bonchev–Trinajstić information content (AvgIpc) is 3.63. The molecule has 2 N–H and O–H groups in total. The minimum atomic E-state index is -0.179.